The summed E-state index contributed by atoms with van der Waals surface area (Å²) in [7, 11) is 2.14. The highest BCUT2D eigenvalue weighted by Gasteiger charge is 2.31. The molecule has 2 fully saturated rings. The number of hydrogen-bond donors (Lipinski definition) is 2. The maximum atomic E-state index is 12.8. The molecule has 1 aliphatic carbocycles. The number of carbonyl (C=O) groups is 1. The normalized spacial score (nSPS) is 20.3. The molecule has 1 aromatic rings. The molecule has 0 aromatic heterocycles. The van der Waals surface area contributed by atoms with Gasteiger partial charge in [-0.25, -0.2) is 4.99 Å². The fraction of sp³-hybridized carbons (Fsp3) is 0.680. The Balaban J connectivity index is 1.54. The van der Waals surface area contributed by atoms with Gasteiger partial charge in [0.25, 0.3) is 0 Å². The molecule has 3 rings (SSSR count). The van der Waals surface area contributed by atoms with Crippen LogP contribution in [0.25, 0.3) is 0 Å². The van der Waals surface area contributed by atoms with Crippen LogP contribution in [0, 0.1) is 5.92 Å². The molecule has 1 saturated heterocycles. The van der Waals surface area contributed by atoms with Gasteiger partial charge in [0.05, 0.1) is 6.54 Å². The number of hydrogen-bond acceptors (Lipinski definition) is 3. The minimum atomic E-state index is 0.258. The second-order valence-electron chi connectivity index (χ2n) is 9.09. The van der Waals surface area contributed by atoms with E-state index >= 15 is 0 Å². The van der Waals surface area contributed by atoms with Crippen LogP contribution in [0.5, 0.6) is 0 Å². The van der Waals surface area contributed by atoms with Gasteiger partial charge >= 0.3 is 0 Å². The molecule has 2 N–H and O–H groups in total. The van der Waals surface area contributed by atoms with Crippen molar-refractivity contribution in [1.29, 1.82) is 0 Å². The van der Waals surface area contributed by atoms with E-state index in [0.29, 0.717) is 12.5 Å². The number of benzene rings is 1. The van der Waals surface area contributed by atoms with E-state index in [2.05, 4.69) is 65.6 Å². The summed E-state index contributed by atoms with van der Waals surface area (Å²) in [5.74, 6) is 1.48. The molecule has 172 valence electrons. The average Bonchev–Trinajstić information content (AvgIpc) is 3.26. The first-order valence-electron chi connectivity index (χ1n) is 12.2. The minimum absolute atomic E-state index is 0.258. The lowest BCUT2D eigenvalue weighted by molar-refractivity contribution is -0.135. The molecule has 6 nitrogen and oxygen atoms in total. The summed E-state index contributed by atoms with van der Waals surface area (Å²) < 4.78 is 0. The van der Waals surface area contributed by atoms with Gasteiger partial charge < -0.3 is 20.4 Å². The van der Waals surface area contributed by atoms with Crippen LogP contribution in [-0.4, -0.2) is 60.9 Å². The zero-order valence-corrected chi connectivity index (χ0v) is 19.7. The zero-order chi connectivity index (χ0) is 22.1. The van der Waals surface area contributed by atoms with Gasteiger partial charge in [-0.15, -0.1) is 0 Å². The molecule has 1 atom stereocenters. The number of carbonyl (C=O) groups excluding carboxylic acids is 1. The van der Waals surface area contributed by atoms with Gasteiger partial charge in [0.2, 0.25) is 5.91 Å². The third-order valence-corrected chi connectivity index (χ3v) is 6.54. The third kappa shape index (κ3) is 7.23. The van der Waals surface area contributed by atoms with Crippen LogP contribution >= 0.6 is 0 Å². The quantitative estimate of drug-likeness (QED) is 0.493. The van der Waals surface area contributed by atoms with Crippen molar-refractivity contribution in [2.75, 3.05) is 33.2 Å². The summed E-state index contributed by atoms with van der Waals surface area (Å²) in [5.41, 5.74) is 2.54. The molecule has 1 heterocycles. The van der Waals surface area contributed by atoms with Crippen molar-refractivity contribution in [1.82, 2.24) is 20.4 Å². The zero-order valence-electron chi connectivity index (χ0n) is 19.7. The molecule has 1 aromatic carbocycles. The Morgan fingerprint density at radius 2 is 1.94 bits per heavy atom. The van der Waals surface area contributed by atoms with E-state index in [9.17, 15) is 4.79 Å². The molecule has 1 unspecified atom stereocenters. The van der Waals surface area contributed by atoms with E-state index in [0.717, 1.165) is 57.9 Å². The smallest absolute Gasteiger partial charge is 0.225 e. The fourth-order valence-corrected chi connectivity index (χ4v) is 4.62. The maximum Gasteiger partial charge on any atom is 0.225 e. The van der Waals surface area contributed by atoms with Gasteiger partial charge in [-0.05, 0) is 50.9 Å². The summed E-state index contributed by atoms with van der Waals surface area (Å²) in [6.07, 6.45) is 6.84. The van der Waals surface area contributed by atoms with Crippen molar-refractivity contribution < 1.29 is 4.79 Å². The van der Waals surface area contributed by atoms with Crippen LogP contribution in [0.1, 0.15) is 63.5 Å². The Morgan fingerprint density at radius 1 is 1.16 bits per heavy atom. The van der Waals surface area contributed by atoms with Crippen LogP contribution in [0.4, 0.5) is 0 Å². The topological polar surface area (TPSA) is 60.0 Å². The highest BCUT2D eigenvalue weighted by Crippen LogP contribution is 2.26. The highest BCUT2D eigenvalue weighted by atomic mass is 16.2. The Hall–Kier alpha value is -2.08. The van der Waals surface area contributed by atoms with E-state index in [1.54, 1.807) is 0 Å². The molecular formula is C25H41N5O. The molecule has 31 heavy (non-hydrogen) atoms. The highest BCUT2D eigenvalue weighted by molar-refractivity contribution is 5.81. The second-order valence-corrected chi connectivity index (χ2v) is 9.09. The third-order valence-electron chi connectivity index (χ3n) is 6.54. The molecule has 6 heteroatoms. The van der Waals surface area contributed by atoms with Crippen molar-refractivity contribution in [3.8, 4) is 0 Å². The number of likely N-dealkylation sites (tertiary alicyclic amines) is 1. The number of aliphatic imine (C=N–C) groups is 1. The van der Waals surface area contributed by atoms with Gasteiger partial charge in [0.1, 0.15) is 0 Å². The Bertz CT molecular complexity index is 728. The first-order chi connectivity index (χ1) is 15.1. The molecule has 0 spiro atoms. The number of amides is 1. The fourth-order valence-electron chi connectivity index (χ4n) is 4.62. The first kappa shape index (κ1) is 23.6. The van der Waals surface area contributed by atoms with E-state index in [-0.39, 0.29) is 12.0 Å². The molecule has 0 radical (unpaired) electrons. The summed E-state index contributed by atoms with van der Waals surface area (Å²) in [6.45, 7) is 9.39. The molecule has 1 amide bonds. The molecule has 2 aliphatic rings. The number of nitrogens with one attached hydrogen (secondary N) is 2. The lowest BCUT2D eigenvalue weighted by atomic mass is 9.88. The van der Waals surface area contributed by atoms with Crippen LogP contribution < -0.4 is 10.6 Å². The van der Waals surface area contributed by atoms with Gasteiger partial charge in [0, 0.05) is 38.1 Å². The van der Waals surface area contributed by atoms with Gasteiger partial charge in [-0.2, -0.15) is 0 Å². The van der Waals surface area contributed by atoms with Gasteiger partial charge in [0.15, 0.2) is 5.96 Å². The largest absolute Gasteiger partial charge is 0.357 e. The predicted octanol–water partition coefficient (Wildman–Crippen LogP) is 3.37. The Kier molecular flexibility index (Phi) is 9.19. The van der Waals surface area contributed by atoms with Crippen molar-refractivity contribution >= 4 is 11.9 Å². The first-order valence-corrected chi connectivity index (χ1v) is 12.2. The second kappa shape index (κ2) is 12.1. The number of nitrogens with zero attached hydrogens (tertiary/aromatic N) is 3. The SMILES string of the molecule is CCNC(=NCc1cccc(CN(C)CC)c1)NC1CCN(C(=O)C2CCCCC2)C1. The van der Waals surface area contributed by atoms with Crippen LogP contribution in [0.2, 0.25) is 0 Å². The van der Waals surface area contributed by atoms with Crippen LogP contribution in [0.15, 0.2) is 29.3 Å². The van der Waals surface area contributed by atoms with Crippen molar-refractivity contribution in [3.63, 3.8) is 0 Å². The molecular weight excluding hydrogens is 386 g/mol. The monoisotopic (exact) mass is 427 g/mol. The van der Waals surface area contributed by atoms with E-state index in [1.807, 2.05) is 0 Å². The van der Waals surface area contributed by atoms with Crippen LogP contribution in [-0.2, 0) is 17.9 Å². The van der Waals surface area contributed by atoms with Gasteiger partial charge in [-0.3, -0.25) is 4.79 Å². The Morgan fingerprint density at radius 3 is 2.68 bits per heavy atom. The molecule has 1 saturated carbocycles. The Labute approximate surface area is 188 Å². The standard InChI is InChI=1S/C25H41N5O/c1-4-26-25(27-17-20-10-9-11-21(16-20)18-29(3)5-2)28-23-14-15-30(19-23)24(31)22-12-7-6-8-13-22/h9-11,16,22-23H,4-8,12-15,17-19H2,1-3H3,(H2,26,27,28). The van der Waals surface area contributed by atoms with E-state index in [4.69, 9.17) is 4.99 Å². The van der Waals surface area contributed by atoms with Crippen LogP contribution in [0.3, 0.4) is 0 Å². The molecule has 1 aliphatic heterocycles. The summed E-state index contributed by atoms with van der Waals surface area (Å²) >= 11 is 0. The van der Waals surface area contributed by atoms with E-state index in [1.165, 1.54) is 30.4 Å². The number of rotatable bonds is 8. The average molecular weight is 428 g/mol. The van der Waals surface area contributed by atoms with Crippen molar-refractivity contribution in [3.05, 3.63) is 35.4 Å². The van der Waals surface area contributed by atoms with E-state index < -0.39 is 0 Å². The van der Waals surface area contributed by atoms with Crippen molar-refractivity contribution in [2.24, 2.45) is 10.9 Å². The summed E-state index contributed by atoms with van der Waals surface area (Å²) in [4.78, 5) is 22.0. The lowest BCUT2D eigenvalue weighted by Gasteiger charge is -2.26. The maximum absolute atomic E-state index is 12.8. The lowest BCUT2D eigenvalue weighted by Crippen LogP contribution is -2.45. The predicted molar refractivity (Wildman–Crippen MR) is 128 cm³/mol. The molecule has 0 bridgehead atoms. The summed E-state index contributed by atoms with van der Waals surface area (Å²) in [5, 5.41) is 6.94. The minimum Gasteiger partial charge on any atom is -0.357 e. The number of guanidine groups is 1. The van der Waals surface area contributed by atoms with Gasteiger partial charge in [-0.1, -0.05) is 50.5 Å². The summed E-state index contributed by atoms with van der Waals surface area (Å²) in [6, 6.07) is 8.96. The van der Waals surface area contributed by atoms with Crippen molar-refractivity contribution in [2.45, 2.75) is 71.5 Å².